The fraction of sp³-hybridized carbons (Fsp3) is 0.455. The highest BCUT2D eigenvalue weighted by Gasteiger charge is 2.07. The Hall–Kier alpha value is -1.98. The number of nitrogens with zero attached hydrogens (tertiary/aromatic N) is 4. The van der Waals surface area contributed by atoms with Crippen LogP contribution >= 0.6 is 0 Å². The second-order valence-electron chi connectivity index (χ2n) is 3.87. The predicted octanol–water partition coefficient (Wildman–Crippen LogP) is 0.0764. The lowest BCUT2D eigenvalue weighted by Gasteiger charge is -2.12. The van der Waals surface area contributed by atoms with Gasteiger partial charge in [0.05, 0.1) is 18.4 Å². The summed E-state index contributed by atoms with van der Waals surface area (Å²) in [6.07, 6.45) is 3.54. The van der Waals surface area contributed by atoms with Crippen molar-refractivity contribution in [3.63, 3.8) is 0 Å². The molecule has 0 aliphatic carbocycles. The Balaban J connectivity index is 2.66. The largest absolute Gasteiger partial charge is 0.370 e. The molecule has 0 bridgehead atoms. The van der Waals surface area contributed by atoms with Gasteiger partial charge in [-0.2, -0.15) is 0 Å². The fourth-order valence-corrected chi connectivity index (χ4v) is 1.40. The number of nitrogens with one attached hydrogen (secondary N) is 1. The zero-order valence-electron chi connectivity index (χ0n) is 10.6. The summed E-state index contributed by atoms with van der Waals surface area (Å²) in [5.74, 6) is 1.31. The molecule has 0 atom stereocenters. The average Bonchev–Trinajstić information content (AvgIpc) is 2.65. The van der Waals surface area contributed by atoms with Crippen molar-refractivity contribution in [2.24, 2.45) is 17.8 Å². The highest BCUT2D eigenvalue weighted by Crippen LogP contribution is 2.11. The highest BCUT2D eigenvalue weighted by atomic mass is 15.3. The van der Waals surface area contributed by atoms with E-state index in [0.717, 1.165) is 11.6 Å². The predicted molar refractivity (Wildman–Crippen MR) is 71.1 cm³/mol. The van der Waals surface area contributed by atoms with Crippen LogP contribution in [-0.2, 0) is 13.6 Å². The number of aliphatic imine (C=N–C) groups is 1. The third-order valence-corrected chi connectivity index (χ3v) is 2.30. The maximum Gasteiger partial charge on any atom is 0.204 e. The summed E-state index contributed by atoms with van der Waals surface area (Å²) in [5.41, 5.74) is 6.69. The Morgan fingerprint density at radius 2 is 2.41 bits per heavy atom. The van der Waals surface area contributed by atoms with Crippen LogP contribution in [0.4, 0.5) is 5.95 Å². The Morgan fingerprint density at radius 3 is 2.94 bits per heavy atom. The molecular weight excluding hydrogens is 216 g/mol. The van der Waals surface area contributed by atoms with E-state index in [1.807, 2.05) is 30.6 Å². The van der Waals surface area contributed by atoms with E-state index >= 15 is 0 Å². The third kappa shape index (κ3) is 3.51. The van der Waals surface area contributed by atoms with E-state index in [4.69, 9.17) is 5.73 Å². The van der Waals surface area contributed by atoms with E-state index in [-0.39, 0.29) is 0 Å². The third-order valence-electron chi connectivity index (χ3n) is 2.30. The SMILES string of the molecule is C=CCNC(N)=NCc1cnc(N(C)C)n1C. The number of hydrogen-bond donors (Lipinski definition) is 2. The summed E-state index contributed by atoms with van der Waals surface area (Å²) in [6, 6.07) is 0. The lowest BCUT2D eigenvalue weighted by atomic mass is 10.5. The first-order valence-electron chi connectivity index (χ1n) is 5.39. The Morgan fingerprint density at radius 1 is 1.71 bits per heavy atom. The zero-order valence-corrected chi connectivity index (χ0v) is 10.6. The minimum Gasteiger partial charge on any atom is -0.370 e. The molecule has 0 fully saturated rings. The molecule has 6 heteroatoms. The van der Waals surface area contributed by atoms with Gasteiger partial charge in [0.25, 0.3) is 0 Å². The van der Waals surface area contributed by atoms with E-state index < -0.39 is 0 Å². The summed E-state index contributed by atoms with van der Waals surface area (Å²) in [4.78, 5) is 10.5. The average molecular weight is 236 g/mol. The first-order chi connectivity index (χ1) is 8.06. The minimum absolute atomic E-state index is 0.414. The molecule has 0 amide bonds. The van der Waals surface area contributed by atoms with E-state index in [2.05, 4.69) is 21.9 Å². The number of nitrogens with two attached hydrogens (primary N) is 1. The molecular formula is C11H20N6. The van der Waals surface area contributed by atoms with Gasteiger partial charge in [-0.25, -0.2) is 9.98 Å². The van der Waals surface area contributed by atoms with Crippen molar-refractivity contribution in [2.45, 2.75) is 6.54 Å². The molecule has 1 aromatic heterocycles. The normalized spacial score (nSPS) is 11.4. The topological polar surface area (TPSA) is 71.5 Å². The Bertz CT molecular complexity index is 404. The van der Waals surface area contributed by atoms with Crippen molar-refractivity contribution in [1.82, 2.24) is 14.9 Å². The summed E-state index contributed by atoms with van der Waals surface area (Å²) in [6.45, 7) is 4.72. The summed E-state index contributed by atoms with van der Waals surface area (Å²) >= 11 is 0. The van der Waals surface area contributed by atoms with Gasteiger partial charge < -0.3 is 20.5 Å². The number of guanidine groups is 1. The van der Waals surface area contributed by atoms with Gasteiger partial charge in [0.1, 0.15) is 0 Å². The lowest BCUT2D eigenvalue weighted by Crippen LogP contribution is -2.31. The first-order valence-corrected chi connectivity index (χ1v) is 5.39. The van der Waals surface area contributed by atoms with Gasteiger partial charge in [-0.05, 0) is 0 Å². The Labute approximate surface area is 102 Å². The molecule has 1 aromatic rings. The quantitative estimate of drug-likeness (QED) is 0.431. The molecule has 0 saturated heterocycles. The van der Waals surface area contributed by atoms with Crippen LogP contribution in [0.1, 0.15) is 5.69 Å². The zero-order chi connectivity index (χ0) is 12.8. The molecule has 0 aliphatic heterocycles. The molecule has 6 nitrogen and oxygen atoms in total. The second-order valence-corrected chi connectivity index (χ2v) is 3.87. The molecule has 17 heavy (non-hydrogen) atoms. The van der Waals surface area contributed by atoms with Crippen LogP contribution < -0.4 is 16.0 Å². The van der Waals surface area contributed by atoms with Crippen LogP contribution in [0, 0.1) is 0 Å². The minimum atomic E-state index is 0.414. The van der Waals surface area contributed by atoms with Crippen molar-refractivity contribution in [2.75, 3.05) is 25.5 Å². The van der Waals surface area contributed by atoms with Gasteiger partial charge in [0, 0.05) is 27.7 Å². The maximum absolute atomic E-state index is 5.68. The highest BCUT2D eigenvalue weighted by molar-refractivity contribution is 5.77. The molecule has 0 radical (unpaired) electrons. The van der Waals surface area contributed by atoms with Crippen LogP contribution in [-0.4, -0.2) is 36.2 Å². The van der Waals surface area contributed by atoms with Crippen molar-refractivity contribution >= 4 is 11.9 Å². The van der Waals surface area contributed by atoms with Crippen molar-refractivity contribution < 1.29 is 0 Å². The number of rotatable bonds is 5. The van der Waals surface area contributed by atoms with Gasteiger partial charge >= 0.3 is 0 Å². The molecule has 0 aliphatic rings. The van der Waals surface area contributed by atoms with Crippen molar-refractivity contribution in [3.05, 3.63) is 24.5 Å². The fourth-order valence-electron chi connectivity index (χ4n) is 1.40. The molecule has 0 spiro atoms. The maximum atomic E-state index is 5.68. The van der Waals surface area contributed by atoms with Crippen molar-refractivity contribution in [3.8, 4) is 0 Å². The molecule has 0 unspecified atom stereocenters. The van der Waals surface area contributed by atoms with Crippen LogP contribution in [0.25, 0.3) is 0 Å². The van der Waals surface area contributed by atoms with Crippen LogP contribution in [0.5, 0.6) is 0 Å². The van der Waals surface area contributed by atoms with Gasteiger partial charge in [0.2, 0.25) is 5.95 Å². The number of aromatic nitrogens is 2. The molecule has 0 saturated carbocycles. The van der Waals surface area contributed by atoms with E-state index in [1.54, 1.807) is 12.3 Å². The van der Waals surface area contributed by atoms with Crippen LogP contribution in [0.3, 0.4) is 0 Å². The van der Waals surface area contributed by atoms with E-state index in [1.165, 1.54) is 0 Å². The van der Waals surface area contributed by atoms with Gasteiger partial charge in [-0.3, -0.25) is 0 Å². The van der Waals surface area contributed by atoms with E-state index in [9.17, 15) is 0 Å². The summed E-state index contributed by atoms with van der Waals surface area (Å²) in [7, 11) is 5.87. The Kier molecular flexibility index (Phi) is 4.56. The molecule has 1 rings (SSSR count). The number of hydrogen-bond acceptors (Lipinski definition) is 3. The monoisotopic (exact) mass is 236 g/mol. The molecule has 1 heterocycles. The molecule has 3 N–H and O–H groups in total. The smallest absolute Gasteiger partial charge is 0.204 e. The first kappa shape index (κ1) is 13.1. The van der Waals surface area contributed by atoms with Gasteiger partial charge in [-0.1, -0.05) is 6.08 Å². The number of anilines is 1. The number of imidazole rings is 1. The van der Waals surface area contributed by atoms with Gasteiger partial charge in [-0.15, -0.1) is 6.58 Å². The standard InChI is InChI=1S/C11H20N6/c1-5-6-13-10(12)14-7-9-8-15-11(16(2)3)17(9)4/h5,8H,1,6-7H2,2-4H3,(H3,12,13,14). The van der Waals surface area contributed by atoms with Crippen LogP contribution in [0.15, 0.2) is 23.8 Å². The van der Waals surface area contributed by atoms with Gasteiger partial charge in [0.15, 0.2) is 5.96 Å². The summed E-state index contributed by atoms with van der Waals surface area (Å²) < 4.78 is 1.99. The second kappa shape index (κ2) is 5.93. The molecule has 94 valence electrons. The van der Waals surface area contributed by atoms with Crippen LogP contribution in [0.2, 0.25) is 0 Å². The molecule has 0 aromatic carbocycles. The van der Waals surface area contributed by atoms with E-state index in [0.29, 0.717) is 19.0 Å². The lowest BCUT2D eigenvalue weighted by molar-refractivity contribution is 0.798. The van der Waals surface area contributed by atoms with Crippen molar-refractivity contribution in [1.29, 1.82) is 0 Å². The summed E-state index contributed by atoms with van der Waals surface area (Å²) in [5, 5.41) is 2.92.